The molecular formula is C29H32ClN3O2. The van der Waals surface area contributed by atoms with E-state index in [0.717, 1.165) is 23.7 Å². The van der Waals surface area contributed by atoms with Crippen molar-refractivity contribution in [1.82, 2.24) is 15.1 Å². The Morgan fingerprint density at radius 3 is 2.11 bits per heavy atom. The van der Waals surface area contributed by atoms with Gasteiger partial charge in [0.05, 0.1) is 6.04 Å². The number of piperazine rings is 1. The van der Waals surface area contributed by atoms with E-state index in [9.17, 15) is 9.59 Å². The molecule has 3 aromatic carbocycles. The van der Waals surface area contributed by atoms with Gasteiger partial charge in [0.1, 0.15) is 0 Å². The zero-order chi connectivity index (χ0) is 24.6. The van der Waals surface area contributed by atoms with Crippen LogP contribution in [0.5, 0.6) is 0 Å². The van der Waals surface area contributed by atoms with Crippen LogP contribution in [0.2, 0.25) is 5.02 Å². The van der Waals surface area contributed by atoms with Crippen LogP contribution in [0, 0.1) is 6.92 Å². The Labute approximate surface area is 212 Å². The minimum atomic E-state index is -0.0931. The van der Waals surface area contributed by atoms with Crippen LogP contribution in [0.15, 0.2) is 78.9 Å². The van der Waals surface area contributed by atoms with E-state index in [0.29, 0.717) is 19.6 Å². The summed E-state index contributed by atoms with van der Waals surface area (Å²) in [5.74, 6) is -0.0534. The summed E-state index contributed by atoms with van der Waals surface area (Å²) in [4.78, 5) is 29.3. The maximum Gasteiger partial charge on any atom is 0.223 e. The van der Waals surface area contributed by atoms with Crippen molar-refractivity contribution in [3.8, 4) is 0 Å². The minimum Gasteiger partial charge on any atom is -0.352 e. The van der Waals surface area contributed by atoms with Crippen LogP contribution >= 0.6 is 11.6 Å². The molecule has 0 spiro atoms. The third kappa shape index (κ3) is 6.93. The molecule has 1 fully saturated rings. The molecule has 1 aliphatic rings. The van der Waals surface area contributed by atoms with E-state index in [1.54, 1.807) is 0 Å². The molecule has 1 saturated heterocycles. The number of nitrogens with zero attached hydrogens (tertiary/aromatic N) is 2. The van der Waals surface area contributed by atoms with Gasteiger partial charge in [-0.15, -0.1) is 0 Å². The molecule has 0 saturated carbocycles. The van der Waals surface area contributed by atoms with E-state index in [-0.39, 0.29) is 30.7 Å². The van der Waals surface area contributed by atoms with Crippen molar-refractivity contribution >= 4 is 23.4 Å². The predicted octanol–water partition coefficient (Wildman–Crippen LogP) is 4.98. The summed E-state index contributed by atoms with van der Waals surface area (Å²) in [5, 5.41) is 3.63. The quantitative estimate of drug-likeness (QED) is 0.485. The van der Waals surface area contributed by atoms with Gasteiger partial charge < -0.3 is 10.2 Å². The first kappa shape index (κ1) is 25.0. The molecule has 1 heterocycles. The van der Waals surface area contributed by atoms with Crippen molar-refractivity contribution in [2.75, 3.05) is 26.2 Å². The van der Waals surface area contributed by atoms with Crippen LogP contribution in [0.1, 0.15) is 41.1 Å². The van der Waals surface area contributed by atoms with Crippen molar-refractivity contribution < 1.29 is 9.59 Å². The Balaban J connectivity index is 1.28. The normalized spacial score (nSPS) is 15.0. The molecule has 0 aromatic heterocycles. The Morgan fingerprint density at radius 1 is 0.829 bits per heavy atom. The smallest absolute Gasteiger partial charge is 0.223 e. The molecule has 1 N–H and O–H groups in total. The molecular weight excluding hydrogens is 458 g/mol. The molecule has 4 rings (SSSR count). The van der Waals surface area contributed by atoms with Crippen LogP contribution < -0.4 is 5.32 Å². The van der Waals surface area contributed by atoms with Gasteiger partial charge in [0.25, 0.3) is 0 Å². The van der Waals surface area contributed by atoms with Gasteiger partial charge in [-0.3, -0.25) is 14.5 Å². The number of nitrogens with one attached hydrogen (secondary N) is 1. The largest absolute Gasteiger partial charge is 0.352 e. The first-order valence-electron chi connectivity index (χ1n) is 12.1. The highest BCUT2D eigenvalue weighted by atomic mass is 35.5. The fraction of sp³-hybridized carbons (Fsp3) is 0.310. The molecule has 0 aliphatic carbocycles. The average molecular weight is 490 g/mol. The molecule has 35 heavy (non-hydrogen) atoms. The Morgan fingerprint density at radius 2 is 1.46 bits per heavy atom. The average Bonchev–Trinajstić information content (AvgIpc) is 2.89. The number of hydrogen-bond donors (Lipinski definition) is 1. The Kier molecular flexibility index (Phi) is 8.56. The number of carbonyl (C=O) groups is 2. The highest BCUT2D eigenvalue weighted by molar-refractivity contribution is 6.30. The number of carbonyl (C=O) groups excluding carboxylic acids is 2. The molecule has 2 amide bonds. The second kappa shape index (κ2) is 12.0. The van der Waals surface area contributed by atoms with Crippen LogP contribution in [0.4, 0.5) is 0 Å². The molecule has 0 radical (unpaired) electrons. The van der Waals surface area contributed by atoms with Gasteiger partial charge in [-0.1, -0.05) is 83.9 Å². The molecule has 1 unspecified atom stereocenters. The van der Waals surface area contributed by atoms with Crippen molar-refractivity contribution in [1.29, 1.82) is 0 Å². The summed E-state index contributed by atoms with van der Waals surface area (Å²) in [7, 11) is 0. The molecule has 0 bridgehead atoms. The molecule has 1 aliphatic heterocycles. The molecule has 182 valence electrons. The zero-order valence-electron chi connectivity index (χ0n) is 20.1. The number of amides is 2. The standard InChI is InChI=1S/C29H32ClN3O2/c1-22-7-9-23(10-8-22)21-31-27(34)15-16-28(35)32-17-19-33(20-18-32)29(24-5-3-2-4-6-24)25-11-13-26(30)14-12-25/h2-14,29H,15-21H2,1H3,(H,31,34). The van der Waals surface area contributed by atoms with E-state index in [1.807, 2.05) is 54.3 Å². The van der Waals surface area contributed by atoms with Crippen LogP contribution in [-0.2, 0) is 16.1 Å². The number of halogens is 1. The lowest BCUT2D eigenvalue weighted by Gasteiger charge is -2.40. The van der Waals surface area contributed by atoms with Gasteiger partial charge in [0.15, 0.2) is 0 Å². The van der Waals surface area contributed by atoms with E-state index >= 15 is 0 Å². The lowest BCUT2D eigenvalue weighted by Crippen LogP contribution is -2.50. The first-order valence-corrected chi connectivity index (χ1v) is 12.5. The summed E-state index contributed by atoms with van der Waals surface area (Å²) in [5.41, 5.74) is 4.65. The lowest BCUT2D eigenvalue weighted by atomic mass is 9.96. The monoisotopic (exact) mass is 489 g/mol. The van der Waals surface area contributed by atoms with Gasteiger partial charge >= 0.3 is 0 Å². The summed E-state index contributed by atoms with van der Waals surface area (Å²) in [6.07, 6.45) is 0.446. The van der Waals surface area contributed by atoms with E-state index < -0.39 is 0 Å². The summed E-state index contributed by atoms with van der Waals surface area (Å²) < 4.78 is 0. The minimum absolute atomic E-state index is 0.0397. The van der Waals surface area contributed by atoms with E-state index in [1.165, 1.54) is 16.7 Å². The van der Waals surface area contributed by atoms with Gasteiger partial charge in [0, 0.05) is 50.6 Å². The molecule has 6 heteroatoms. The molecule has 5 nitrogen and oxygen atoms in total. The molecule has 1 atom stereocenters. The van der Waals surface area contributed by atoms with Crippen LogP contribution in [0.25, 0.3) is 0 Å². The van der Waals surface area contributed by atoms with Crippen LogP contribution in [0.3, 0.4) is 0 Å². The third-order valence-electron chi connectivity index (χ3n) is 6.51. The summed E-state index contributed by atoms with van der Waals surface area (Å²) >= 11 is 6.12. The fourth-order valence-corrected chi connectivity index (χ4v) is 4.62. The van der Waals surface area contributed by atoms with E-state index in [4.69, 9.17) is 11.6 Å². The lowest BCUT2D eigenvalue weighted by molar-refractivity contribution is -0.135. The fourth-order valence-electron chi connectivity index (χ4n) is 4.50. The topological polar surface area (TPSA) is 52.7 Å². The van der Waals surface area contributed by atoms with Gasteiger partial charge in [-0.05, 0) is 35.7 Å². The summed E-state index contributed by atoms with van der Waals surface area (Å²) in [6, 6.07) is 26.6. The number of aryl methyl sites for hydroxylation is 1. The van der Waals surface area contributed by atoms with Gasteiger partial charge in [0.2, 0.25) is 11.8 Å². The second-order valence-corrected chi connectivity index (χ2v) is 9.48. The number of rotatable bonds is 8. The number of hydrogen-bond acceptors (Lipinski definition) is 3. The van der Waals surface area contributed by atoms with Crippen molar-refractivity contribution in [2.24, 2.45) is 0 Å². The SMILES string of the molecule is Cc1ccc(CNC(=O)CCC(=O)N2CCN(C(c3ccccc3)c3ccc(Cl)cc3)CC2)cc1. The predicted molar refractivity (Wildman–Crippen MR) is 140 cm³/mol. The van der Waals surface area contributed by atoms with Crippen LogP contribution in [-0.4, -0.2) is 47.8 Å². The first-order chi connectivity index (χ1) is 17.0. The van der Waals surface area contributed by atoms with E-state index in [2.05, 4.69) is 46.6 Å². The van der Waals surface area contributed by atoms with Crippen molar-refractivity contribution in [3.05, 3.63) is 106 Å². The Bertz CT molecular complexity index is 1110. The van der Waals surface area contributed by atoms with Crippen molar-refractivity contribution in [3.63, 3.8) is 0 Å². The van der Waals surface area contributed by atoms with Crippen molar-refractivity contribution in [2.45, 2.75) is 32.4 Å². The highest BCUT2D eigenvalue weighted by Crippen LogP contribution is 2.30. The second-order valence-electron chi connectivity index (χ2n) is 9.04. The Hall–Kier alpha value is -3.15. The maximum absolute atomic E-state index is 12.8. The zero-order valence-corrected chi connectivity index (χ0v) is 20.9. The van der Waals surface area contributed by atoms with Gasteiger partial charge in [-0.25, -0.2) is 0 Å². The highest BCUT2D eigenvalue weighted by Gasteiger charge is 2.28. The molecule has 3 aromatic rings. The number of benzene rings is 3. The summed E-state index contributed by atoms with van der Waals surface area (Å²) in [6.45, 7) is 5.37. The third-order valence-corrected chi connectivity index (χ3v) is 6.76. The maximum atomic E-state index is 12.8. The van der Waals surface area contributed by atoms with Gasteiger partial charge in [-0.2, -0.15) is 0 Å².